The van der Waals surface area contributed by atoms with Crippen molar-refractivity contribution in [1.82, 2.24) is 15.2 Å². The lowest BCUT2D eigenvalue weighted by Crippen LogP contribution is -2.49. The van der Waals surface area contributed by atoms with Gasteiger partial charge in [-0.3, -0.25) is 9.59 Å². The summed E-state index contributed by atoms with van der Waals surface area (Å²) in [7, 11) is 3.95. The normalized spacial score (nSPS) is 18.5. The molecule has 0 saturated carbocycles. The first-order valence-electron chi connectivity index (χ1n) is 11.2. The molecule has 1 aromatic heterocycles. The fraction of sp³-hybridized carbons (Fsp3) is 0.458. The maximum absolute atomic E-state index is 12.9. The maximum atomic E-state index is 12.9. The fourth-order valence-electron chi connectivity index (χ4n) is 4.14. The van der Waals surface area contributed by atoms with Crippen LogP contribution in [0, 0.1) is 0 Å². The predicted molar refractivity (Wildman–Crippen MR) is 124 cm³/mol. The zero-order chi connectivity index (χ0) is 22.5. The van der Waals surface area contributed by atoms with Crippen LogP contribution < -0.4 is 15.1 Å². The van der Waals surface area contributed by atoms with Gasteiger partial charge >= 0.3 is 0 Å². The monoisotopic (exact) mass is 437 g/mol. The molecule has 2 fully saturated rings. The first kappa shape index (κ1) is 22.1. The van der Waals surface area contributed by atoms with Gasteiger partial charge in [-0.15, -0.1) is 0 Å². The lowest BCUT2D eigenvalue weighted by Gasteiger charge is -2.36. The number of anilines is 2. The molecule has 2 saturated heterocycles. The molecule has 2 aliphatic rings. The van der Waals surface area contributed by atoms with Crippen molar-refractivity contribution >= 4 is 23.3 Å². The lowest BCUT2D eigenvalue weighted by molar-refractivity contribution is 0.0745. The quantitative estimate of drug-likeness (QED) is 0.745. The molecule has 3 heterocycles. The molecule has 0 aliphatic carbocycles. The number of amides is 2. The van der Waals surface area contributed by atoms with Gasteiger partial charge in [0, 0.05) is 70.9 Å². The minimum Gasteiger partial charge on any atom is -0.378 e. The minimum atomic E-state index is -0.136. The van der Waals surface area contributed by atoms with Crippen molar-refractivity contribution in [3.05, 3.63) is 53.7 Å². The Balaban J connectivity index is 1.36. The number of carbonyl (C=O) groups excluding carboxylic acids is 2. The molecule has 0 unspecified atom stereocenters. The summed E-state index contributed by atoms with van der Waals surface area (Å²) in [5.74, 6) is 0.563. The Labute approximate surface area is 189 Å². The SMILES string of the molecule is CN(C)c1ccc(C(=O)N2CCN(c3ncccc3C(=O)NC[C@H]3CCCO3)CC2)cc1. The van der Waals surface area contributed by atoms with Crippen LogP contribution in [0.3, 0.4) is 0 Å². The van der Waals surface area contributed by atoms with Crippen LogP contribution in [-0.4, -0.2) is 81.2 Å². The molecule has 2 aliphatic heterocycles. The van der Waals surface area contributed by atoms with E-state index in [2.05, 4.69) is 15.2 Å². The maximum Gasteiger partial charge on any atom is 0.255 e. The number of nitrogens with zero attached hydrogens (tertiary/aromatic N) is 4. The second-order valence-electron chi connectivity index (χ2n) is 8.44. The van der Waals surface area contributed by atoms with E-state index < -0.39 is 0 Å². The van der Waals surface area contributed by atoms with E-state index in [-0.39, 0.29) is 17.9 Å². The third kappa shape index (κ3) is 5.02. The van der Waals surface area contributed by atoms with Crippen LogP contribution in [0.1, 0.15) is 33.6 Å². The summed E-state index contributed by atoms with van der Waals surface area (Å²) in [5, 5.41) is 2.98. The number of hydrogen-bond donors (Lipinski definition) is 1. The van der Waals surface area contributed by atoms with Crippen molar-refractivity contribution in [2.75, 3.05) is 63.2 Å². The average molecular weight is 438 g/mol. The number of benzene rings is 1. The Kier molecular flexibility index (Phi) is 6.90. The van der Waals surface area contributed by atoms with Gasteiger partial charge in [0.1, 0.15) is 5.82 Å². The number of rotatable bonds is 6. The summed E-state index contributed by atoms with van der Waals surface area (Å²) in [5.41, 5.74) is 2.31. The predicted octanol–water partition coefficient (Wildman–Crippen LogP) is 2.02. The van der Waals surface area contributed by atoms with Gasteiger partial charge in [-0.1, -0.05) is 0 Å². The highest BCUT2D eigenvalue weighted by Crippen LogP contribution is 2.21. The molecule has 0 spiro atoms. The summed E-state index contributed by atoms with van der Waals surface area (Å²) < 4.78 is 5.59. The van der Waals surface area contributed by atoms with Gasteiger partial charge in [-0.05, 0) is 49.2 Å². The van der Waals surface area contributed by atoms with Crippen LogP contribution in [0.5, 0.6) is 0 Å². The molecule has 4 rings (SSSR count). The molecular weight excluding hydrogens is 406 g/mol. The fourth-order valence-corrected chi connectivity index (χ4v) is 4.14. The van der Waals surface area contributed by atoms with Crippen molar-refractivity contribution in [3.8, 4) is 0 Å². The molecule has 2 aromatic rings. The van der Waals surface area contributed by atoms with Crippen LogP contribution in [0.15, 0.2) is 42.6 Å². The van der Waals surface area contributed by atoms with Crippen LogP contribution >= 0.6 is 0 Å². The van der Waals surface area contributed by atoms with Gasteiger partial charge in [0.15, 0.2) is 0 Å². The van der Waals surface area contributed by atoms with Crippen molar-refractivity contribution in [1.29, 1.82) is 0 Å². The average Bonchev–Trinajstić information content (AvgIpc) is 3.36. The Morgan fingerprint density at radius 2 is 1.88 bits per heavy atom. The largest absolute Gasteiger partial charge is 0.378 e. The molecule has 0 radical (unpaired) electrons. The van der Waals surface area contributed by atoms with Crippen molar-refractivity contribution < 1.29 is 14.3 Å². The summed E-state index contributed by atoms with van der Waals surface area (Å²) in [6, 6.07) is 11.2. The first-order valence-corrected chi connectivity index (χ1v) is 11.2. The van der Waals surface area contributed by atoms with E-state index in [9.17, 15) is 9.59 Å². The number of piperazine rings is 1. The van der Waals surface area contributed by atoms with Crippen LogP contribution in [0.25, 0.3) is 0 Å². The highest BCUT2D eigenvalue weighted by atomic mass is 16.5. The Bertz CT molecular complexity index is 933. The molecule has 32 heavy (non-hydrogen) atoms. The number of carbonyl (C=O) groups is 2. The number of nitrogens with one attached hydrogen (secondary N) is 1. The molecule has 1 aromatic carbocycles. The van der Waals surface area contributed by atoms with Crippen LogP contribution in [-0.2, 0) is 4.74 Å². The third-order valence-electron chi connectivity index (χ3n) is 6.04. The standard InChI is InChI=1S/C24H31N5O3/c1-27(2)19-9-7-18(8-10-19)24(31)29-14-12-28(13-15-29)22-21(6-3-11-25-22)23(30)26-17-20-5-4-16-32-20/h3,6-11,20H,4-5,12-17H2,1-2H3,(H,26,30)/t20-/m1/s1. The van der Waals surface area contributed by atoms with E-state index in [0.717, 1.165) is 25.1 Å². The van der Waals surface area contributed by atoms with Gasteiger partial charge in [0.05, 0.1) is 11.7 Å². The zero-order valence-electron chi connectivity index (χ0n) is 18.8. The highest BCUT2D eigenvalue weighted by molar-refractivity contribution is 5.99. The summed E-state index contributed by atoms with van der Waals surface area (Å²) in [6.07, 6.45) is 3.83. The van der Waals surface area contributed by atoms with Crippen LogP contribution in [0.2, 0.25) is 0 Å². The summed E-state index contributed by atoms with van der Waals surface area (Å²) >= 11 is 0. The van der Waals surface area contributed by atoms with E-state index in [0.29, 0.717) is 49.7 Å². The summed E-state index contributed by atoms with van der Waals surface area (Å²) in [4.78, 5) is 36.1. The molecule has 8 nitrogen and oxygen atoms in total. The van der Waals surface area contributed by atoms with Crippen molar-refractivity contribution in [2.45, 2.75) is 18.9 Å². The molecule has 0 bridgehead atoms. The first-order chi connectivity index (χ1) is 15.5. The van der Waals surface area contributed by atoms with E-state index in [1.54, 1.807) is 18.3 Å². The number of aromatic nitrogens is 1. The van der Waals surface area contributed by atoms with E-state index in [1.165, 1.54) is 0 Å². The molecule has 8 heteroatoms. The van der Waals surface area contributed by atoms with E-state index in [4.69, 9.17) is 4.74 Å². The van der Waals surface area contributed by atoms with Crippen molar-refractivity contribution in [2.24, 2.45) is 0 Å². The Morgan fingerprint density at radius 1 is 1.12 bits per heavy atom. The van der Waals surface area contributed by atoms with Crippen molar-refractivity contribution in [3.63, 3.8) is 0 Å². The zero-order valence-corrected chi connectivity index (χ0v) is 18.8. The third-order valence-corrected chi connectivity index (χ3v) is 6.04. The molecule has 1 N–H and O–H groups in total. The smallest absolute Gasteiger partial charge is 0.255 e. The molecule has 2 amide bonds. The lowest BCUT2D eigenvalue weighted by atomic mass is 10.1. The number of ether oxygens (including phenoxy) is 1. The summed E-state index contributed by atoms with van der Waals surface area (Å²) in [6.45, 7) is 3.71. The van der Waals surface area contributed by atoms with Gasteiger partial charge < -0.3 is 24.8 Å². The Hall–Kier alpha value is -3.13. The topological polar surface area (TPSA) is 78.0 Å². The minimum absolute atomic E-state index is 0.0329. The molecule has 170 valence electrons. The number of hydrogen-bond acceptors (Lipinski definition) is 6. The van der Waals surface area contributed by atoms with Gasteiger partial charge in [0.2, 0.25) is 0 Å². The molecule has 1 atom stereocenters. The van der Waals surface area contributed by atoms with E-state index in [1.807, 2.05) is 48.2 Å². The molecular formula is C24H31N5O3. The Morgan fingerprint density at radius 3 is 2.53 bits per heavy atom. The van der Waals surface area contributed by atoms with Crippen LogP contribution in [0.4, 0.5) is 11.5 Å². The highest BCUT2D eigenvalue weighted by Gasteiger charge is 2.26. The van der Waals surface area contributed by atoms with Gasteiger partial charge in [0.25, 0.3) is 11.8 Å². The number of pyridine rings is 1. The van der Waals surface area contributed by atoms with Gasteiger partial charge in [-0.2, -0.15) is 0 Å². The van der Waals surface area contributed by atoms with E-state index >= 15 is 0 Å². The second-order valence-corrected chi connectivity index (χ2v) is 8.44. The second kappa shape index (κ2) is 9.99. The van der Waals surface area contributed by atoms with Gasteiger partial charge in [-0.25, -0.2) is 4.98 Å².